The molecule has 0 aliphatic carbocycles. The van der Waals surface area contributed by atoms with Gasteiger partial charge in [-0.1, -0.05) is 0 Å². The summed E-state index contributed by atoms with van der Waals surface area (Å²) >= 11 is 0. The summed E-state index contributed by atoms with van der Waals surface area (Å²) in [6, 6.07) is 7.69. The molecule has 0 amide bonds. The van der Waals surface area contributed by atoms with E-state index in [0.717, 1.165) is 0 Å². The van der Waals surface area contributed by atoms with E-state index in [1.807, 2.05) is 6.07 Å². The first-order valence-electron chi connectivity index (χ1n) is 4.70. The molecule has 0 atom stereocenters. The number of nitro groups is 1. The molecule has 2 rings (SSSR count). The van der Waals surface area contributed by atoms with Crippen molar-refractivity contribution in [3.63, 3.8) is 0 Å². The standard InChI is InChI=1S/C10H7N5O2/c1-7-10(6-11)13-14(12-7)8-2-4-9(5-3-8)15(16)17/h2-5H,1H3. The highest BCUT2D eigenvalue weighted by Gasteiger charge is 2.09. The molecule has 7 nitrogen and oxygen atoms in total. The molecule has 0 saturated carbocycles. The Balaban J connectivity index is 2.40. The molecular weight excluding hydrogens is 222 g/mol. The Labute approximate surface area is 96.1 Å². The SMILES string of the molecule is Cc1nn(-c2ccc([N+](=O)[O-])cc2)nc1C#N. The number of nitrogens with zero attached hydrogens (tertiary/aromatic N) is 5. The van der Waals surface area contributed by atoms with Crippen LogP contribution >= 0.6 is 0 Å². The first-order chi connectivity index (χ1) is 8.11. The number of hydrogen-bond donors (Lipinski definition) is 0. The van der Waals surface area contributed by atoms with E-state index in [4.69, 9.17) is 5.26 Å². The number of hydrogen-bond acceptors (Lipinski definition) is 5. The van der Waals surface area contributed by atoms with E-state index in [9.17, 15) is 10.1 Å². The molecule has 1 heterocycles. The van der Waals surface area contributed by atoms with Gasteiger partial charge in [0.25, 0.3) is 5.69 Å². The highest BCUT2D eigenvalue weighted by Crippen LogP contribution is 2.14. The van der Waals surface area contributed by atoms with Crippen molar-refractivity contribution < 1.29 is 4.92 Å². The predicted molar refractivity (Wildman–Crippen MR) is 57.5 cm³/mol. The summed E-state index contributed by atoms with van der Waals surface area (Å²) in [7, 11) is 0. The average Bonchev–Trinajstić information content (AvgIpc) is 2.70. The third-order valence-electron chi connectivity index (χ3n) is 2.18. The number of nitro benzene ring substituents is 1. The molecule has 0 radical (unpaired) electrons. The van der Waals surface area contributed by atoms with Gasteiger partial charge >= 0.3 is 0 Å². The average molecular weight is 229 g/mol. The molecule has 0 unspecified atom stereocenters. The lowest BCUT2D eigenvalue weighted by Crippen LogP contribution is -1.99. The Kier molecular flexibility index (Phi) is 2.54. The lowest BCUT2D eigenvalue weighted by atomic mass is 10.3. The van der Waals surface area contributed by atoms with Gasteiger partial charge in [-0.25, -0.2) is 0 Å². The number of non-ortho nitro benzene ring substituents is 1. The Bertz CT molecular complexity index is 609. The van der Waals surface area contributed by atoms with Gasteiger partial charge in [0.1, 0.15) is 6.07 Å². The van der Waals surface area contributed by atoms with Crippen LogP contribution in [0.2, 0.25) is 0 Å². The number of nitriles is 1. The van der Waals surface area contributed by atoms with Crippen molar-refractivity contribution in [3.8, 4) is 11.8 Å². The van der Waals surface area contributed by atoms with Crippen LogP contribution in [0.5, 0.6) is 0 Å². The topological polar surface area (TPSA) is 97.6 Å². The number of rotatable bonds is 2. The fraction of sp³-hybridized carbons (Fsp3) is 0.100. The minimum Gasteiger partial charge on any atom is -0.258 e. The maximum Gasteiger partial charge on any atom is 0.269 e. The summed E-state index contributed by atoms with van der Waals surface area (Å²) in [4.78, 5) is 11.3. The molecule has 17 heavy (non-hydrogen) atoms. The molecule has 84 valence electrons. The summed E-state index contributed by atoms with van der Waals surface area (Å²) in [6.07, 6.45) is 0. The summed E-state index contributed by atoms with van der Waals surface area (Å²) in [5.41, 5.74) is 1.33. The van der Waals surface area contributed by atoms with E-state index >= 15 is 0 Å². The van der Waals surface area contributed by atoms with Gasteiger partial charge in [-0.05, 0) is 19.1 Å². The van der Waals surface area contributed by atoms with E-state index in [-0.39, 0.29) is 11.4 Å². The maximum absolute atomic E-state index is 10.5. The lowest BCUT2D eigenvalue weighted by Gasteiger charge is -1.97. The largest absolute Gasteiger partial charge is 0.269 e. The zero-order valence-corrected chi connectivity index (χ0v) is 8.86. The van der Waals surface area contributed by atoms with Crippen LogP contribution in [0.3, 0.4) is 0 Å². The van der Waals surface area contributed by atoms with Crippen LogP contribution in [0, 0.1) is 28.4 Å². The molecule has 0 bridgehead atoms. The Morgan fingerprint density at radius 1 is 1.35 bits per heavy atom. The first-order valence-corrected chi connectivity index (χ1v) is 4.70. The number of aromatic nitrogens is 3. The second kappa shape index (κ2) is 4.02. The van der Waals surface area contributed by atoms with E-state index in [2.05, 4.69) is 10.2 Å². The normalized spacial score (nSPS) is 9.88. The van der Waals surface area contributed by atoms with Crippen molar-refractivity contribution in [2.75, 3.05) is 0 Å². The summed E-state index contributed by atoms with van der Waals surface area (Å²) in [5.74, 6) is 0. The predicted octanol–water partition coefficient (Wildman–Crippen LogP) is 1.36. The number of benzene rings is 1. The van der Waals surface area contributed by atoms with Gasteiger partial charge in [0, 0.05) is 12.1 Å². The second-order valence-electron chi connectivity index (χ2n) is 3.31. The lowest BCUT2D eigenvalue weighted by molar-refractivity contribution is -0.384. The maximum atomic E-state index is 10.5. The Morgan fingerprint density at radius 2 is 2.00 bits per heavy atom. The monoisotopic (exact) mass is 229 g/mol. The van der Waals surface area contributed by atoms with Gasteiger partial charge < -0.3 is 0 Å². The molecule has 0 aliphatic heterocycles. The second-order valence-corrected chi connectivity index (χ2v) is 3.31. The quantitative estimate of drug-likeness (QED) is 0.571. The van der Waals surface area contributed by atoms with Crippen molar-refractivity contribution in [2.24, 2.45) is 0 Å². The van der Waals surface area contributed by atoms with Crippen LogP contribution in [0.25, 0.3) is 5.69 Å². The molecule has 0 saturated heterocycles. The molecule has 1 aromatic carbocycles. The van der Waals surface area contributed by atoms with Crippen molar-refractivity contribution in [2.45, 2.75) is 6.92 Å². The smallest absolute Gasteiger partial charge is 0.258 e. The minimum absolute atomic E-state index is 0.00173. The van der Waals surface area contributed by atoms with E-state index in [1.54, 1.807) is 6.92 Å². The van der Waals surface area contributed by atoms with Crippen LogP contribution in [0.4, 0.5) is 5.69 Å². The van der Waals surface area contributed by atoms with Crippen molar-refractivity contribution in [1.29, 1.82) is 5.26 Å². The summed E-state index contributed by atoms with van der Waals surface area (Å²) in [6.45, 7) is 1.67. The van der Waals surface area contributed by atoms with Crippen molar-refractivity contribution in [3.05, 3.63) is 45.8 Å². The zero-order chi connectivity index (χ0) is 12.4. The van der Waals surface area contributed by atoms with E-state index in [0.29, 0.717) is 11.4 Å². The van der Waals surface area contributed by atoms with Gasteiger partial charge in [0.2, 0.25) is 0 Å². The molecule has 2 aromatic rings. The van der Waals surface area contributed by atoms with Crippen LogP contribution in [-0.2, 0) is 0 Å². The van der Waals surface area contributed by atoms with Gasteiger partial charge in [-0.2, -0.15) is 15.2 Å². The fourth-order valence-corrected chi connectivity index (χ4v) is 1.31. The van der Waals surface area contributed by atoms with Crippen LogP contribution in [0.15, 0.2) is 24.3 Å². The van der Waals surface area contributed by atoms with Crippen LogP contribution < -0.4 is 0 Å². The third-order valence-corrected chi connectivity index (χ3v) is 2.18. The van der Waals surface area contributed by atoms with E-state index in [1.165, 1.54) is 29.1 Å². The van der Waals surface area contributed by atoms with Gasteiger partial charge in [-0.3, -0.25) is 10.1 Å². The third kappa shape index (κ3) is 1.96. The summed E-state index contributed by atoms with van der Waals surface area (Å²) in [5, 5.41) is 27.2. The zero-order valence-electron chi connectivity index (χ0n) is 8.86. The minimum atomic E-state index is -0.480. The molecular formula is C10H7N5O2. The van der Waals surface area contributed by atoms with Crippen molar-refractivity contribution in [1.82, 2.24) is 15.0 Å². The first kappa shape index (κ1) is 10.8. The molecule has 1 aromatic heterocycles. The Hall–Kier alpha value is -2.75. The number of aryl methyl sites for hydroxylation is 1. The van der Waals surface area contributed by atoms with Crippen molar-refractivity contribution >= 4 is 5.69 Å². The highest BCUT2D eigenvalue weighted by molar-refractivity contribution is 5.40. The molecule has 0 fully saturated rings. The molecule has 0 N–H and O–H groups in total. The van der Waals surface area contributed by atoms with Gasteiger partial charge in [0.15, 0.2) is 5.69 Å². The van der Waals surface area contributed by atoms with Gasteiger partial charge in [0.05, 0.1) is 16.3 Å². The highest BCUT2D eigenvalue weighted by atomic mass is 16.6. The summed E-state index contributed by atoms with van der Waals surface area (Å²) < 4.78 is 0. The van der Waals surface area contributed by atoms with Crippen LogP contribution in [0.1, 0.15) is 11.4 Å². The van der Waals surface area contributed by atoms with E-state index < -0.39 is 4.92 Å². The van der Waals surface area contributed by atoms with Gasteiger partial charge in [-0.15, -0.1) is 5.10 Å². The molecule has 7 heteroatoms. The Morgan fingerprint density at radius 3 is 2.47 bits per heavy atom. The molecule has 0 aliphatic rings. The molecule has 0 spiro atoms. The van der Waals surface area contributed by atoms with Crippen LogP contribution in [-0.4, -0.2) is 19.9 Å². The fourth-order valence-electron chi connectivity index (χ4n) is 1.31.